The second-order valence-electron chi connectivity index (χ2n) is 7.56. The Bertz CT molecular complexity index is 1470. The van der Waals surface area contributed by atoms with Crippen LogP contribution in [0.15, 0.2) is 67.0 Å². The van der Waals surface area contributed by atoms with Gasteiger partial charge in [0.2, 0.25) is 0 Å². The van der Waals surface area contributed by atoms with Crippen molar-refractivity contribution in [2.45, 2.75) is 18.3 Å². The van der Waals surface area contributed by atoms with Crippen LogP contribution < -0.4 is 0 Å². The molecule has 30 heavy (non-hydrogen) atoms. The predicted octanol–water partition coefficient (Wildman–Crippen LogP) is 3.69. The minimum Gasteiger partial charge on any atom is -0.256 e. The van der Waals surface area contributed by atoms with Crippen LogP contribution in [-0.2, 0) is 5.41 Å². The van der Waals surface area contributed by atoms with Crippen LogP contribution >= 0.6 is 0 Å². The molecule has 1 aliphatic carbocycles. The van der Waals surface area contributed by atoms with Crippen molar-refractivity contribution >= 4 is 16.7 Å². The minimum atomic E-state index is -0.217. The van der Waals surface area contributed by atoms with E-state index in [-0.39, 0.29) is 5.41 Å². The molecule has 0 unspecified atom stereocenters. The number of fused-ring (bicyclic) bond motifs is 2. The molecule has 0 bridgehead atoms. The number of rotatable bonds is 3. The molecule has 1 fully saturated rings. The summed E-state index contributed by atoms with van der Waals surface area (Å²) >= 11 is 0. The van der Waals surface area contributed by atoms with Crippen molar-refractivity contribution < 1.29 is 0 Å². The summed E-state index contributed by atoms with van der Waals surface area (Å²) in [6.45, 7) is 0. The zero-order valence-corrected chi connectivity index (χ0v) is 15.9. The average Bonchev–Trinajstić information content (AvgIpc) is 3.51. The third-order valence-electron chi connectivity index (χ3n) is 5.76. The van der Waals surface area contributed by atoms with Crippen LogP contribution in [0, 0.1) is 11.3 Å². The van der Waals surface area contributed by atoms with Crippen molar-refractivity contribution in [2.24, 2.45) is 0 Å². The molecule has 7 nitrogen and oxygen atoms in total. The fourth-order valence-electron chi connectivity index (χ4n) is 4.01. The highest BCUT2D eigenvalue weighted by atomic mass is 15.4. The Hall–Kier alpha value is -4.18. The zero-order valence-electron chi connectivity index (χ0n) is 15.9. The van der Waals surface area contributed by atoms with Gasteiger partial charge in [-0.3, -0.25) is 4.98 Å². The van der Waals surface area contributed by atoms with Crippen LogP contribution in [0.25, 0.3) is 27.9 Å². The molecule has 1 saturated carbocycles. The summed E-state index contributed by atoms with van der Waals surface area (Å²) in [6, 6.07) is 19.9. The summed E-state index contributed by atoms with van der Waals surface area (Å²) in [4.78, 5) is 8.87. The molecule has 0 atom stereocenters. The molecule has 0 aliphatic heterocycles. The lowest BCUT2D eigenvalue weighted by Gasteiger charge is -2.14. The first-order valence-electron chi connectivity index (χ1n) is 9.72. The van der Waals surface area contributed by atoms with Gasteiger partial charge in [0.25, 0.3) is 5.78 Å². The van der Waals surface area contributed by atoms with Crippen LogP contribution in [-0.4, -0.2) is 29.8 Å². The van der Waals surface area contributed by atoms with Crippen molar-refractivity contribution in [2.75, 3.05) is 0 Å². The van der Waals surface area contributed by atoms with Crippen LogP contribution in [0.2, 0.25) is 0 Å². The number of pyridine rings is 1. The number of aromatic nitrogens is 6. The highest BCUT2D eigenvalue weighted by Gasteiger charge is 2.50. The van der Waals surface area contributed by atoms with Crippen LogP contribution in [0.4, 0.5) is 0 Å². The van der Waals surface area contributed by atoms with Crippen LogP contribution in [0.3, 0.4) is 0 Å². The monoisotopic (exact) mass is 389 g/mol. The number of nitriles is 1. The molecule has 0 radical (unpaired) electrons. The van der Waals surface area contributed by atoms with Gasteiger partial charge in [0.05, 0.1) is 28.8 Å². The Morgan fingerprint density at radius 1 is 0.967 bits per heavy atom. The fourth-order valence-corrected chi connectivity index (χ4v) is 4.01. The average molecular weight is 389 g/mol. The number of benzene rings is 2. The highest BCUT2D eigenvalue weighted by Crippen LogP contribution is 2.53. The van der Waals surface area contributed by atoms with Gasteiger partial charge in [0.15, 0.2) is 5.82 Å². The molecule has 6 rings (SSSR count). The van der Waals surface area contributed by atoms with Gasteiger partial charge in [-0.25, -0.2) is 4.98 Å². The summed E-state index contributed by atoms with van der Waals surface area (Å²) in [6.07, 6.45) is 5.44. The van der Waals surface area contributed by atoms with E-state index in [1.165, 1.54) is 5.56 Å². The maximum absolute atomic E-state index is 9.19. The van der Waals surface area contributed by atoms with Gasteiger partial charge in [0.1, 0.15) is 5.69 Å². The molecule has 7 heteroatoms. The van der Waals surface area contributed by atoms with E-state index < -0.39 is 0 Å². The molecule has 1 aliphatic rings. The van der Waals surface area contributed by atoms with Gasteiger partial charge in [-0.2, -0.15) is 14.9 Å². The summed E-state index contributed by atoms with van der Waals surface area (Å²) in [5.74, 6) is 1.27. The largest absolute Gasteiger partial charge is 0.271 e. The van der Waals surface area contributed by atoms with Gasteiger partial charge < -0.3 is 0 Å². The Kier molecular flexibility index (Phi) is 3.44. The first-order valence-corrected chi connectivity index (χ1v) is 9.72. The van der Waals surface area contributed by atoms with E-state index in [0.717, 1.165) is 35.1 Å². The van der Waals surface area contributed by atoms with E-state index in [0.29, 0.717) is 17.0 Å². The summed E-state index contributed by atoms with van der Waals surface area (Å²) in [5.41, 5.74) is 4.05. The van der Waals surface area contributed by atoms with E-state index in [2.05, 4.69) is 50.5 Å². The standard InChI is InChI=1S/C23H15N7/c24-13-15-3-1-4-16(11-15)20-14-26-22-28-27-21(30(22)29-20)23(8-9-23)18-6-7-19-17(12-18)5-2-10-25-19/h1-7,10-12,14H,8-9H2. The molecule has 3 heterocycles. The molecule has 3 aromatic heterocycles. The molecule has 0 amide bonds. The van der Waals surface area contributed by atoms with Gasteiger partial charge in [-0.05, 0) is 48.7 Å². The minimum absolute atomic E-state index is 0.217. The summed E-state index contributed by atoms with van der Waals surface area (Å²) < 4.78 is 1.74. The Morgan fingerprint density at radius 3 is 2.77 bits per heavy atom. The van der Waals surface area contributed by atoms with Crippen molar-refractivity contribution in [3.8, 4) is 17.3 Å². The van der Waals surface area contributed by atoms with Crippen molar-refractivity contribution in [1.82, 2.24) is 29.8 Å². The Morgan fingerprint density at radius 2 is 1.90 bits per heavy atom. The highest BCUT2D eigenvalue weighted by molar-refractivity contribution is 5.79. The molecule has 0 spiro atoms. The summed E-state index contributed by atoms with van der Waals surface area (Å²) in [7, 11) is 0. The summed E-state index contributed by atoms with van der Waals surface area (Å²) in [5, 5.41) is 23.8. The van der Waals surface area contributed by atoms with E-state index in [1.54, 1.807) is 23.0 Å². The molecule has 0 N–H and O–H groups in total. The Balaban J connectivity index is 1.49. The second-order valence-corrected chi connectivity index (χ2v) is 7.56. The zero-order chi connectivity index (χ0) is 20.1. The number of hydrogen-bond acceptors (Lipinski definition) is 6. The fraction of sp³-hybridized carbons (Fsp3) is 0.130. The number of hydrogen-bond donors (Lipinski definition) is 0. The van der Waals surface area contributed by atoms with Gasteiger partial charge >= 0.3 is 0 Å². The second kappa shape index (κ2) is 6.16. The van der Waals surface area contributed by atoms with E-state index in [9.17, 15) is 5.26 Å². The SMILES string of the molecule is N#Cc1cccc(-c2cnc3nnc(C4(c5ccc6ncccc6c5)CC4)n3n2)c1. The first-order chi connectivity index (χ1) is 14.8. The smallest absolute Gasteiger partial charge is 0.256 e. The van der Waals surface area contributed by atoms with Crippen molar-refractivity contribution in [3.63, 3.8) is 0 Å². The Labute approximate surface area is 171 Å². The van der Waals surface area contributed by atoms with E-state index in [4.69, 9.17) is 5.10 Å². The lowest BCUT2D eigenvalue weighted by atomic mass is 9.94. The van der Waals surface area contributed by atoms with Crippen molar-refractivity contribution in [1.29, 1.82) is 5.26 Å². The molecule has 0 saturated heterocycles. The quantitative estimate of drug-likeness (QED) is 0.467. The first kappa shape index (κ1) is 16.7. The molecule has 5 aromatic rings. The molecular weight excluding hydrogens is 374 g/mol. The molecule has 2 aromatic carbocycles. The predicted molar refractivity (Wildman–Crippen MR) is 110 cm³/mol. The van der Waals surface area contributed by atoms with Crippen LogP contribution in [0.5, 0.6) is 0 Å². The van der Waals surface area contributed by atoms with Gasteiger partial charge in [-0.1, -0.05) is 24.3 Å². The molecule has 142 valence electrons. The third-order valence-corrected chi connectivity index (χ3v) is 5.76. The van der Waals surface area contributed by atoms with E-state index >= 15 is 0 Å². The van der Waals surface area contributed by atoms with Crippen molar-refractivity contribution in [3.05, 3.63) is 83.9 Å². The maximum Gasteiger partial charge on any atom is 0.271 e. The lowest BCUT2D eigenvalue weighted by Crippen LogP contribution is -2.15. The lowest BCUT2D eigenvalue weighted by molar-refractivity contribution is 0.703. The van der Waals surface area contributed by atoms with Gasteiger partial charge in [0, 0.05) is 17.1 Å². The molecular formula is C23H15N7. The van der Waals surface area contributed by atoms with E-state index in [1.807, 2.05) is 24.3 Å². The third kappa shape index (κ3) is 2.47. The van der Waals surface area contributed by atoms with Gasteiger partial charge in [-0.15, -0.1) is 10.2 Å². The maximum atomic E-state index is 9.19. The van der Waals surface area contributed by atoms with Crippen LogP contribution in [0.1, 0.15) is 29.8 Å². The number of nitrogens with zero attached hydrogens (tertiary/aromatic N) is 7. The normalized spacial score (nSPS) is 14.6. The topological polar surface area (TPSA) is 92.6 Å².